The Labute approximate surface area is 146 Å². The van der Waals surface area contributed by atoms with Crippen LogP contribution in [0.2, 0.25) is 0 Å². The second kappa shape index (κ2) is 5.31. The Morgan fingerprint density at radius 2 is 2.04 bits per heavy atom. The highest BCUT2D eigenvalue weighted by Crippen LogP contribution is 2.51. The highest BCUT2D eigenvalue weighted by Gasteiger charge is 2.54. The smallest absolute Gasteiger partial charge is 0.223 e. The van der Waals surface area contributed by atoms with Crippen molar-refractivity contribution in [3.63, 3.8) is 0 Å². The van der Waals surface area contributed by atoms with E-state index in [9.17, 15) is 14.3 Å². The topological polar surface area (TPSA) is 56.3 Å². The van der Waals surface area contributed by atoms with Gasteiger partial charge in [-0.1, -0.05) is 0 Å². The van der Waals surface area contributed by atoms with Crippen LogP contribution in [0.3, 0.4) is 0 Å². The third kappa shape index (κ3) is 2.48. The molecule has 4 bridgehead atoms. The molecule has 1 aromatic heterocycles. The second-order valence-electron chi connectivity index (χ2n) is 8.29. The minimum atomic E-state index is -0.526. The molecule has 2 unspecified atom stereocenters. The van der Waals surface area contributed by atoms with Crippen molar-refractivity contribution in [2.24, 2.45) is 5.92 Å². The zero-order valence-electron chi connectivity index (χ0n) is 14.2. The maximum atomic E-state index is 13.5. The lowest BCUT2D eigenvalue weighted by molar-refractivity contribution is -0.174. The number of carbonyl (C=O) groups excluding carboxylic acids is 1. The summed E-state index contributed by atoms with van der Waals surface area (Å²) in [6.45, 7) is 0. The molecule has 2 aliphatic carbocycles. The van der Waals surface area contributed by atoms with Gasteiger partial charge in [0, 0.05) is 35.6 Å². The highest BCUT2D eigenvalue weighted by atomic mass is 19.1. The molecule has 2 saturated heterocycles. The molecule has 2 saturated carbocycles. The zero-order valence-corrected chi connectivity index (χ0v) is 14.2. The largest absolute Gasteiger partial charge is 0.390 e. The Bertz CT molecular complexity index is 829. The van der Waals surface area contributed by atoms with Gasteiger partial charge in [-0.2, -0.15) is 0 Å². The molecule has 5 heteroatoms. The van der Waals surface area contributed by atoms with Crippen LogP contribution in [0.4, 0.5) is 4.39 Å². The van der Waals surface area contributed by atoms with Crippen LogP contribution in [0, 0.1) is 11.7 Å². The first-order valence-electron chi connectivity index (χ1n) is 9.30. The van der Waals surface area contributed by atoms with E-state index >= 15 is 0 Å². The number of fused-ring (bicyclic) bond motifs is 1. The Balaban J connectivity index is 1.32. The second-order valence-corrected chi connectivity index (χ2v) is 8.29. The molecule has 1 amide bonds. The van der Waals surface area contributed by atoms with Crippen LogP contribution in [0.1, 0.15) is 44.1 Å². The number of aromatic amines is 1. The van der Waals surface area contributed by atoms with Crippen molar-refractivity contribution in [1.82, 2.24) is 9.88 Å². The van der Waals surface area contributed by atoms with Gasteiger partial charge in [-0.15, -0.1) is 0 Å². The summed E-state index contributed by atoms with van der Waals surface area (Å²) in [5, 5.41) is 11.5. The molecular formula is C20H23FN2O2. The fourth-order valence-electron chi connectivity index (χ4n) is 5.72. The fraction of sp³-hybridized carbons (Fsp3) is 0.550. The number of hydrogen-bond acceptors (Lipinski definition) is 2. The monoisotopic (exact) mass is 342 g/mol. The summed E-state index contributed by atoms with van der Waals surface area (Å²) in [7, 11) is 0. The minimum Gasteiger partial charge on any atom is -0.390 e. The minimum absolute atomic E-state index is 0.183. The van der Waals surface area contributed by atoms with Crippen LogP contribution >= 0.6 is 0 Å². The van der Waals surface area contributed by atoms with E-state index in [4.69, 9.17) is 0 Å². The highest BCUT2D eigenvalue weighted by molar-refractivity contribution is 5.84. The molecule has 4 fully saturated rings. The summed E-state index contributed by atoms with van der Waals surface area (Å²) in [6, 6.07) is 5.13. The van der Waals surface area contributed by atoms with Crippen molar-refractivity contribution >= 4 is 16.8 Å². The molecule has 2 aliphatic heterocycles. The summed E-state index contributed by atoms with van der Waals surface area (Å²) in [6.07, 6.45) is 7.43. The SMILES string of the molecule is O=C(CCc1c[nH]c2ccc(F)cc12)N1C2CC3CC1CC(O)(C3)C2. The molecule has 2 aromatic rings. The van der Waals surface area contributed by atoms with Gasteiger partial charge >= 0.3 is 0 Å². The van der Waals surface area contributed by atoms with Crippen LogP contribution in [-0.4, -0.2) is 38.6 Å². The number of piperidine rings is 2. The van der Waals surface area contributed by atoms with Gasteiger partial charge in [0.25, 0.3) is 0 Å². The maximum Gasteiger partial charge on any atom is 0.223 e. The first-order chi connectivity index (χ1) is 12.0. The molecule has 3 heterocycles. The van der Waals surface area contributed by atoms with Crippen LogP contribution in [0.15, 0.2) is 24.4 Å². The van der Waals surface area contributed by atoms with Gasteiger partial charge in [-0.05, 0) is 68.2 Å². The molecule has 132 valence electrons. The molecule has 25 heavy (non-hydrogen) atoms. The number of amides is 1. The average molecular weight is 342 g/mol. The predicted molar refractivity (Wildman–Crippen MR) is 92.5 cm³/mol. The van der Waals surface area contributed by atoms with E-state index in [0.717, 1.165) is 48.6 Å². The predicted octanol–water partition coefficient (Wildman–Crippen LogP) is 3.14. The van der Waals surface area contributed by atoms with Crippen molar-refractivity contribution < 1.29 is 14.3 Å². The number of benzene rings is 1. The van der Waals surface area contributed by atoms with Crippen molar-refractivity contribution in [2.75, 3.05) is 0 Å². The van der Waals surface area contributed by atoms with E-state index < -0.39 is 5.60 Å². The number of carbonyl (C=O) groups is 1. The molecule has 6 rings (SSSR count). The van der Waals surface area contributed by atoms with E-state index in [1.165, 1.54) is 12.1 Å². The van der Waals surface area contributed by atoms with Gasteiger partial charge in [0.05, 0.1) is 5.60 Å². The Morgan fingerprint density at radius 1 is 1.28 bits per heavy atom. The summed E-state index contributed by atoms with van der Waals surface area (Å²) in [4.78, 5) is 18.1. The normalized spacial score (nSPS) is 33.4. The maximum absolute atomic E-state index is 13.5. The molecule has 4 aliphatic rings. The number of nitrogens with zero attached hydrogens (tertiary/aromatic N) is 1. The first-order valence-corrected chi connectivity index (χ1v) is 9.30. The molecule has 0 radical (unpaired) electrons. The van der Waals surface area contributed by atoms with E-state index in [0.29, 0.717) is 18.8 Å². The Hall–Kier alpha value is -1.88. The van der Waals surface area contributed by atoms with E-state index in [-0.39, 0.29) is 23.8 Å². The van der Waals surface area contributed by atoms with Crippen LogP contribution in [0.5, 0.6) is 0 Å². The van der Waals surface area contributed by atoms with Crippen molar-refractivity contribution in [3.05, 3.63) is 35.8 Å². The fourth-order valence-corrected chi connectivity index (χ4v) is 5.72. The summed E-state index contributed by atoms with van der Waals surface area (Å²) in [5.74, 6) is 0.518. The third-order valence-corrected chi connectivity index (χ3v) is 6.52. The van der Waals surface area contributed by atoms with Gasteiger partial charge in [0.15, 0.2) is 0 Å². The number of rotatable bonds is 3. The molecule has 2 N–H and O–H groups in total. The number of aryl methyl sites for hydroxylation is 1. The number of aliphatic hydroxyl groups is 1. The van der Waals surface area contributed by atoms with E-state index in [1.54, 1.807) is 6.07 Å². The lowest BCUT2D eigenvalue weighted by Crippen LogP contribution is -2.65. The van der Waals surface area contributed by atoms with Crippen LogP contribution in [0.25, 0.3) is 10.9 Å². The van der Waals surface area contributed by atoms with Gasteiger partial charge in [0.2, 0.25) is 5.91 Å². The van der Waals surface area contributed by atoms with E-state index in [1.807, 2.05) is 6.20 Å². The lowest BCUT2D eigenvalue weighted by Gasteiger charge is -2.59. The average Bonchev–Trinajstić information content (AvgIpc) is 2.93. The van der Waals surface area contributed by atoms with Crippen molar-refractivity contribution in [2.45, 2.75) is 62.6 Å². The number of hydrogen-bond donors (Lipinski definition) is 2. The van der Waals surface area contributed by atoms with Crippen LogP contribution < -0.4 is 0 Å². The number of nitrogens with one attached hydrogen (secondary N) is 1. The molecule has 2 atom stereocenters. The van der Waals surface area contributed by atoms with Crippen molar-refractivity contribution in [3.8, 4) is 0 Å². The first kappa shape index (κ1) is 15.4. The van der Waals surface area contributed by atoms with Crippen LogP contribution in [-0.2, 0) is 11.2 Å². The molecule has 0 spiro atoms. The van der Waals surface area contributed by atoms with Gasteiger partial charge in [0.1, 0.15) is 5.82 Å². The standard InChI is InChI=1S/C20H23FN2O2/c21-14-2-3-18-17(7-14)13(11-22-18)1-4-19(24)23-15-5-12-6-16(23)10-20(25,8-12)9-15/h2-3,7,11-12,15-16,22,25H,1,4-6,8-10H2. The zero-order chi connectivity index (χ0) is 17.2. The summed E-state index contributed by atoms with van der Waals surface area (Å²) in [5.41, 5.74) is 1.37. The van der Waals surface area contributed by atoms with Gasteiger partial charge in [-0.3, -0.25) is 4.79 Å². The Morgan fingerprint density at radius 3 is 2.76 bits per heavy atom. The number of halogens is 1. The summed E-state index contributed by atoms with van der Waals surface area (Å²) < 4.78 is 13.5. The molecular weight excluding hydrogens is 319 g/mol. The summed E-state index contributed by atoms with van der Waals surface area (Å²) >= 11 is 0. The quantitative estimate of drug-likeness (QED) is 0.900. The number of H-pyrrole nitrogens is 1. The van der Waals surface area contributed by atoms with Gasteiger partial charge in [-0.25, -0.2) is 4.39 Å². The van der Waals surface area contributed by atoms with E-state index in [2.05, 4.69) is 9.88 Å². The van der Waals surface area contributed by atoms with Crippen molar-refractivity contribution in [1.29, 1.82) is 0 Å². The number of aromatic nitrogens is 1. The lowest BCUT2D eigenvalue weighted by atomic mass is 9.61. The van der Waals surface area contributed by atoms with Gasteiger partial charge < -0.3 is 15.0 Å². The molecule has 1 aromatic carbocycles. The third-order valence-electron chi connectivity index (χ3n) is 6.52. The Kier molecular flexibility index (Phi) is 3.26. The molecule has 4 nitrogen and oxygen atoms in total.